The fourth-order valence-electron chi connectivity index (χ4n) is 2.78. The number of thioether (sulfide) groups is 1. The summed E-state index contributed by atoms with van der Waals surface area (Å²) < 4.78 is 24.7. The van der Waals surface area contributed by atoms with E-state index in [1.54, 1.807) is 30.3 Å². The van der Waals surface area contributed by atoms with Crippen LogP contribution >= 0.6 is 43.6 Å². The molecule has 0 saturated carbocycles. The molecule has 1 aliphatic rings. The van der Waals surface area contributed by atoms with Gasteiger partial charge in [0.25, 0.3) is 11.1 Å². The van der Waals surface area contributed by atoms with Gasteiger partial charge in [0.2, 0.25) is 0 Å². The van der Waals surface area contributed by atoms with E-state index in [4.69, 9.17) is 4.74 Å². The highest BCUT2D eigenvalue weighted by atomic mass is 79.9. The molecule has 0 bridgehead atoms. The van der Waals surface area contributed by atoms with E-state index in [2.05, 4.69) is 36.6 Å². The number of carbonyl (C=O) groups excluding carboxylic acids is 3. The van der Waals surface area contributed by atoms with Gasteiger partial charge in [-0.2, -0.15) is 0 Å². The van der Waals surface area contributed by atoms with Crippen LogP contribution in [0.4, 0.5) is 9.18 Å². The Hall–Kier alpha value is -2.17. The standard InChI is InChI=1S/C21H16Br2FNO5S/c1-11(20(27)29-2)25-19(26)17(31-21(25)28)9-13-7-15(22)18(16(23)8-13)30-10-12-3-5-14(24)6-4-12/h3-9,11H,10H2,1-2H3/b17-9+/t11-/m0/s1. The van der Waals surface area contributed by atoms with Crippen LogP contribution in [0.25, 0.3) is 6.08 Å². The second-order valence-corrected chi connectivity index (χ2v) is 9.18. The third-order valence-electron chi connectivity index (χ3n) is 4.37. The highest BCUT2D eigenvalue weighted by Crippen LogP contribution is 2.38. The minimum atomic E-state index is -1.01. The molecule has 1 aliphatic heterocycles. The van der Waals surface area contributed by atoms with E-state index in [1.165, 1.54) is 26.2 Å². The van der Waals surface area contributed by atoms with E-state index in [0.717, 1.165) is 22.2 Å². The summed E-state index contributed by atoms with van der Waals surface area (Å²) in [6, 6.07) is 8.46. The predicted octanol–water partition coefficient (Wildman–Crippen LogP) is 5.53. The van der Waals surface area contributed by atoms with Gasteiger partial charge in [0.05, 0.1) is 21.0 Å². The molecule has 162 valence electrons. The quantitative estimate of drug-likeness (QED) is 0.335. The minimum Gasteiger partial charge on any atom is -0.487 e. The van der Waals surface area contributed by atoms with Crippen LogP contribution in [-0.4, -0.2) is 35.2 Å². The zero-order valence-corrected chi connectivity index (χ0v) is 20.3. The predicted molar refractivity (Wildman–Crippen MR) is 122 cm³/mol. The van der Waals surface area contributed by atoms with Crippen molar-refractivity contribution in [3.05, 3.63) is 67.2 Å². The Kier molecular flexibility index (Phi) is 7.55. The molecule has 1 saturated heterocycles. The van der Waals surface area contributed by atoms with Gasteiger partial charge in [0, 0.05) is 0 Å². The lowest BCUT2D eigenvalue weighted by molar-refractivity contribution is -0.148. The van der Waals surface area contributed by atoms with Crippen LogP contribution in [0.3, 0.4) is 0 Å². The number of halogens is 3. The third kappa shape index (κ3) is 5.36. The first-order valence-electron chi connectivity index (χ1n) is 8.92. The molecule has 31 heavy (non-hydrogen) atoms. The second kappa shape index (κ2) is 9.97. The molecule has 0 N–H and O–H groups in total. The number of imide groups is 1. The highest BCUT2D eigenvalue weighted by Gasteiger charge is 2.41. The fourth-order valence-corrected chi connectivity index (χ4v) is 5.14. The molecule has 1 heterocycles. The molecule has 1 fully saturated rings. The molecule has 0 unspecified atom stereocenters. The van der Waals surface area contributed by atoms with Gasteiger partial charge in [-0.05, 0) is 92.0 Å². The minimum absolute atomic E-state index is 0.194. The first kappa shape index (κ1) is 23.5. The van der Waals surface area contributed by atoms with Crippen LogP contribution in [0, 0.1) is 5.82 Å². The maximum atomic E-state index is 13.0. The molecule has 0 aromatic heterocycles. The Morgan fingerprint density at radius 2 is 1.81 bits per heavy atom. The van der Waals surface area contributed by atoms with E-state index < -0.39 is 23.2 Å². The number of amides is 2. The molecule has 3 rings (SSSR count). The van der Waals surface area contributed by atoms with E-state index in [0.29, 0.717) is 20.3 Å². The molecular formula is C21H16Br2FNO5S. The Morgan fingerprint density at radius 1 is 1.19 bits per heavy atom. The Bertz CT molecular complexity index is 1050. The Morgan fingerprint density at radius 3 is 2.39 bits per heavy atom. The molecule has 1 atom stereocenters. The first-order valence-corrected chi connectivity index (χ1v) is 11.3. The van der Waals surface area contributed by atoms with Gasteiger partial charge in [-0.1, -0.05) is 12.1 Å². The molecule has 2 aromatic rings. The summed E-state index contributed by atoms with van der Waals surface area (Å²) in [5.41, 5.74) is 1.45. The van der Waals surface area contributed by atoms with Gasteiger partial charge in [-0.25, -0.2) is 9.18 Å². The third-order valence-corrected chi connectivity index (χ3v) is 6.43. The topological polar surface area (TPSA) is 72.9 Å². The van der Waals surface area contributed by atoms with Crippen molar-refractivity contribution in [2.24, 2.45) is 0 Å². The van der Waals surface area contributed by atoms with Gasteiger partial charge in [-0.15, -0.1) is 0 Å². The number of methoxy groups -OCH3 is 1. The maximum Gasteiger partial charge on any atom is 0.328 e. The summed E-state index contributed by atoms with van der Waals surface area (Å²) in [4.78, 5) is 37.7. The van der Waals surface area contributed by atoms with Crippen molar-refractivity contribution in [2.75, 3.05) is 7.11 Å². The number of nitrogens with zero attached hydrogens (tertiary/aromatic N) is 1. The summed E-state index contributed by atoms with van der Waals surface area (Å²) in [5.74, 6) is -1.01. The lowest BCUT2D eigenvalue weighted by Crippen LogP contribution is -2.42. The Labute approximate surface area is 199 Å². The number of benzene rings is 2. The van der Waals surface area contributed by atoms with Crippen LogP contribution in [0.1, 0.15) is 18.1 Å². The van der Waals surface area contributed by atoms with E-state index in [-0.39, 0.29) is 17.3 Å². The van der Waals surface area contributed by atoms with Gasteiger partial charge < -0.3 is 9.47 Å². The number of hydrogen-bond donors (Lipinski definition) is 0. The van der Waals surface area contributed by atoms with Crippen LogP contribution < -0.4 is 4.74 Å². The molecule has 0 spiro atoms. The van der Waals surface area contributed by atoms with Crippen molar-refractivity contribution >= 4 is 66.8 Å². The summed E-state index contributed by atoms with van der Waals surface area (Å²) in [7, 11) is 1.20. The van der Waals surface area contributed by atoms with Crippen molar-refractivity contribution in [1.82, 2.24) is 4.90 Å². The fraction of sp³-hybridized carbons (Fsp3) is 0.190. The zero-order chi connectivity index (χ0) is 22.7. The second-order valence-electron chi connectivity index (χ2n) is 6.48. The van der Waals surface area contributed by atoms with Crippen LogP contribution in [-0.2, 0) is 20.9 Å². The largest absolute Gasteiger partial charge is 0.487 e. The normalized spacial score (nSPS) is 16.0. The van der Waals surface area contributed by atoms with Crippen molar-refractivity contribution in [3.63, 3.8) is 0 Å². The average molecular weight is 573 g/mol. The summed E-state index contributed by atoms with van der Waals surface area (Å²) in [6.07, 6.45) is 1.56. The van der Waals surface area contributed by atoms with Gasteiger partial charge >= 0.3 is 5.97 Å². The maximum absolute atomic E-state index is 13.0. The van der Waals surface area contributed by atoms with Crippen LogP contribution in [0.15, 0.2) is 50.2 Å². The van der Waals surface area contributed by atoms with Crippen molar-refractivity contribution in [2.45, 2.75) is 19.6 Å². The monoisotopic (exact) mass is 571 g/mol. The van der Waals surface area contributed by atoms with Crippen molar-refractivity contribution in [3.8, 4) is 5.75 Å². The van der Waals surface area contributed by atoms with Crippen LogP contribution in [0.5, 0.6) is 5.75 Å². The SMILES string of the molecule is COC(=O)[C@H](C)N1C(=O)S/C(=C/c2cc(Br)c(OCc3ccc(F)cc3)c(Br)c2)C1=O. The van der Waals surface area contributed by atoms with Gasteiger partial charge in [0.15, 0.2) is 0 Å². The summed E-state index contributed by atoms with van der Waals surface area (Å²) in [6.45, 7) is 1.67. The highest BCUT2D eigenvalue weighted by molar-refractivity contribution is 9.11. The van der Waals surface area contributed by atoms with Gasteiger partial charge in [-0.3, -0.25) is 14.5 Å². The van der Waals surface area contributed by atoms with E-state index >= 15 is 0 Å². The molecule has 10 heteroatoms. The molecule has 2 aromatic carbocycles. The van der Waals surface area contributed by atoms with Crippen molar-refractivity contribution in [1.29, 1.82) is 0 Å². The van der Waals surface area contributed by atoms with Gasteiger partial charge in [0.1, 0.15) is 24.2 Å². The number of ether oxygens (including phenoxy) is 2. The number of hydrogen-bond acceptors (Lipinski definition) is 6. The lowest BCUT2D eigenvalue weighted by Gasteiger charge is -2.18. The zero-order valence-electron chi connectivity index (χ0n) is 16.4. The number of carbonyl (C=O) groups is 3. The average Bonchev–Trinajstić information content (AvgIpc) is 3.00. The molecule has 6 nitrogen and oxygen atoms in total. The lowest BCUT2D eigenvalue weighted by atomic mass is 10.2. The van der Waals surface area contributed by atoms with E-state index in [9.17, 15) is 18.8 Å². The van der Waals surface area contributed by atoms with E-state index in [1.807, 2.05) is 0 Å². The summed E-state index contributed by atoms with van der Waals surface area (Å²) in [5, 5.41) is -0.536. The molecule has 2 amide bonds. The molecular weight excluding hydrogens is 557 g/mol. The van der Waals surface area contributed by atoms with Crippen molar-refractivity contribution < 1.29 is 28.2 Å². The molecule has 0 radical (unpaired) electrons. The first-order chi connectivity index (χ1) is 14.7. The molecule has 0 aliphatic carbocycles. The summed E-state index contributed by atoms with van der Waals surface area (Å²) >= 11 is 7.65. The smallest absolute Gasteiger partial charge is 0.328 e. The number of rotatable bonds is 6. The Balaban J connectivity index is 1.78. The van der Waals surface area contributed by atoms with Crippen LogP contribution in [0.2, 0.25) is 0 Å². The number of esters is 1.